The average molecular weight is 530 g/mol. The van der Waals surface area contributed by atoms with Gasteiger partial charge >= 0.3 is 0 Å². The van der Waals surface area contributed by atoms with Crippen molar-refractivity contribution in [2.75, 3.05) is 50.7 Å². The van der Waals surface area contributed by atoms with Crippen molar-refractivity contribution in [2.45, 2.75) is 57.5 Å². The number of hydrogen-bond donors (Lipinski definition) is 3. The Morgan fingerprint density at radius 2 is 2.03 bits per heavy atom. The van der Waals surface area contributed by atoms with Gasteiger partial charge in [0.1, 0.15) is 11.6 Å². The molecule has 3 N–H and O–H groups in total. The van der Waals surface area contributed by atoms with Crippen LogP contribution in [0.1, 0.15) is 45.4 Å². The van der Waals surface area contributed by atoms with E-state index in [0.717, 1.165) is 61.4 Å². The van der Waals surface area contributed by atoms with E-state index in [0.29, 0.717) is 43.3 Å². The van der Waals surface area contributed by atoms with Crippen LogP contribution < -0.4 is 10.6 Å². The lowest BCUT2D eigenvalue weighted by molar-refractivity contribution is -0.00861. The molecule has 0 amide bonds. The van der Waals surface area contributed by atoms with Crippen LogP contribution in [-0.4, -0.2) is 73.5 Å². The van der Waals surface area contributed by atoms with Gasteiger partial charge in [-0.25, -0.2) is 9.97 Å². The first-order valence-corrected chi connectivity index (χ1v) is 13.7. The molecule has 202 valence electrons. The van der Waals surface area contributed by atoms with Crippen LogP contribution in [0.2, 0.25) is 5.02 Å². The first-order chi connectivity index (χ1) is 18.0. The zero-order valence-electron chi connectivity index (χ0n) is 22.0. The number of methoxy groups -OCH3 is 1. The van der Waals surface area contributed by atoms with Crippen molar-refractivity contribution in [1.82, 2.24) is 9.97 Å². The monoisotopic (exact) mass is 529 g/mol. The Kier molecular flexibility index (Phi) is 10.1. The third-order valence-electron chi connectivity index (χ3n) is 7.50. The predicted molar refractivity (Wildman–Crippen MR) is 150 cm³/mol. The van der Waals surface area contributed by atoms with E-state index in [9.17, 15) is 5.11 Å². The number of pyridine rings is 2. The number of aliphatic hydroxyl groups is 1. The van der Waals surface area contributed by atoms with Crippen LogP contribution in [0, 0.1) is 11.3 Å². The Bertz CT molecular complexity index is 1020. The fourth-order valence-corrected chi connectivity index (χ4v) is 5.25. The fraction of sp³-hybridized carbons (Fsp3) is 0.607. The SMILES string of the molecule is COC[C@@H](C)N=CC1CCC(Nc2cc(-c3cccc(NCC4(CO)CCOCC4)n3)c(Cl)cn2)CC1. The summed E-state index contributed by atoms with van der Waals surface area (Å²) >= 11 is 6.55. The normalized spacial score (nSPS) is 22.6. The third-order valence-corrected chi connectivity index (χ3v) is 7.80. The maximum Gasteiger partial charge on any atom is 0.126 e. The van der Waals surface area contributed by atoms with Crippen LogP contribution >= 0.6 is 11.6 Å². The summed E-state index contributed by atoms with van der Waals surface area (Å²) in [6, 6.07) is 8.44. The molecule has 1 atom stereocenters. The van der Waals surface area contributed by atoms with Gasteiger partial charge in [0, 0.05) is 56.3 Å². The summed E-state index contributed by atoms with van der Waals surface area (Å²) in [6.45, 7) is 4.89. The number of aliphatic hydroxyl groups excluding tert-OH is 1. The van der Waals surface area contributed by atoms with Crippen molar-refractivity contribution in [2.24, 2.45) is 16.3 Å². The zero-order valence-corrected chi connectivity index (χ0v) is 22.7. The zero-order chi connectivity index (χ0) is 26.1. The summed E-state index contributed by atoms with van der Waals surface area (Å²) in [4.78, 5) is 14.0. The summed E-state index contributed by atoms with van der Waals surface area (Å²) in [7, 11) is 1.71. The lowest BCUT2D eigenvalue weighted by Gasteiger charge is -2.35. The molecule has 8 nitrogen and oxygen atoms in total. The first-order valence-electron chi connectivity index (χ1n) is 13.3. The van der Waals surface area contributed by atoms with Crippen LogP contribution in [0.3, 0.4) is 0 Å². The molecule has 9 heteroatoms. The van der Waals surface area contributed by atoms with Crippen molar-refractivity contribution in [3.63, 3.8) is 0 Å². The number of anilines is 2. The molecule has 1 aliphatic heterocycles. The van der Waals surface area contributed by atoms with E-state index in [1.165, 1.54) is 0 Å². The van der Waals surface area contributed by atoms with Crippen molar-refractivity contribution in [3.05, 3.63) is 35.5 Å². The highest BCUT2D eigenvalue weighted by atomic mass is 35.5. The average Bonchev–Trinajstić information content (AvgIpc) is 2.93. The third kappa shape index (κ3) is 7.87. The number of ether oxygens (including phenoxy) is 2. The molecule has 0 spiro atoms. The van der Waals surface area contributed by atoms with E-state index in [-0.39, 0.29) is 18.1 Å². The first kappa shape index (κ1) is 27.8. The van der Waals surface area contributed by atoms with E-state index in [4.69, 9.17) is 26.1 Å². The van der Waals surface area contributed by atoms with Crippen molar-refractivity contribution < 1.29 is 14.6 Å². The van der Waals surface area contributed by atoms with Crippen LogP contribution in [0.15, 0.2) is 35.5 Å². The van der Waals surface area contributed by atoms with Gasteiger partial charge in [0.25, 0.3) is 0 Å². The molecule has 1 saturated heterocycles. The summed E-state index contributed by atoms with van der Waals surface area (Å²) < 4.78 is 10.6. The molecule has 3 heterocycles. The van der Waals surface area contributed by atoms with Crippen molar-refractivity contribution >= 4 is 29.5 Å². The molecule has 1 saturated carbocycles. The van der Waals surface area contributed by atoms with E-state index in [2.05, 4.69) is 33.7 Å². The van der Waals surface area contributed by atoms with Crippen molar-refractivity contribution in [3.8, 4) is 11.3 Å². The Morgan fingerprint density at radius 1 is 1.24 bits per heavy atom. The molecule has 2 aromatic heterocycles. The predicted octanol–water partition coefficient (Wildman–Crippen LogP) is 5.07. The Labute approximate surface area is 225 Å². The van der Waals surface area contributed by atoms with Crippen molar-refractivity contribution in [1.29, 1.82) is 0 Å². The van der Waals surface area contributed by atoms with Gasteiger partial charge < -0.3 is 25.2 Å². The molecule has 0 aromatic carbocycles. The topological polar surface area (TPSA) is 101 Å². The van der Waals surface area contributed by atoms with E-state index < -0.39 is 0 Å². The van der Waals surface area contributed by atoms with Gasteiger partial charge in [-0.2, -0.15) is 0 Å². The summed E-state index contributed by atoms with van der Waals surface area (Å²) in [5.74, 6) is 2.10. The van der Waals surface area contributed by atoms with Gasteiger partial charge in [0.2, 0.25) is 0 Å². The second kappa shape index (κ2) is 13.5. The fourth-order valence-electron chi connectivity index (χ4n) is 5.04. The summed E-state index contributed by atoms with van der Waals surface area (Å²) in [5, 5.41) is 17.6. The molecule has 0 unspecified atom stereocenters. The molecule has 4 rings (SSSR count). The van der Waals surface area contributed by atoms with Gasteiger partial charge in [0.05, 0.1) is 30.0 Å². The number of aliphatic imine (C=N–C) groups is 1. The highest BCUT2D eigenvalue weighted by Crippen LogP contribution is 2.32. The molecule has 37 heavy (non-hydrogen) atoms. The van der Waals surface area contributed by atoms with Crippen LogP contribution in [0.4, 0.5) is 11.6 Å². The van der Waals surface area contributed by atoms with E-state index >= 15 is 0 Å². The molecule has 2 aromatic rings. The Morgan fingerprint density at radius 3 is 2.76 bits per heavy atom. The molecule has 2 fully saturated rings. The number of halogens is 1. The van der Waals surface area contributed by atoms with Crippen LogP contribution in [0.25, 0.3) is 11.3 Å². The number of aromatic nitrogens is 2. The Hall–Kier alpha value is -2.26. The number of hydrogen-bond acceptors (Lipinski definition) is 8. The molecular formula is C28H40ClN5O3. The largest absolute Gasteiger partial charge is 0.396 e. The van der Waals surface area contributed by atoms with Gasteiger partial charge in [-0.3, -0.25) is 4.99 Å². The minimum atomic E-state index is -0.172. The molecule has 0 bridgehead atoms. The summed E-state index contributed by atoms with van der Waals surface area (Å²) in [5.41, 5.74) is 1.46. The smallest absolute Gasteiger partial charge is 0.126 e. The van der Waals surface area contributed by atoms with E-state index in [1.807, 2.05) is 24.3 Å². The van der Waals surface area contributed by atoms with Gasteiger partial charge in [-0.1, -0.05) is 17.7 Å². The standard InChI is InChI=1S/C28H40ClN5O3/c1-20(17-36-2)30-15-21-6-8-22(9-7-21)33-27-14-23(24(29)16-31-27)25-4-3-5-26(34-25)32-18-28(19-35)10-12-37-13-11-28/h3-5,14-16,20-22,35H,6-13,17-19H2,1-2H3,(H,31,33)(H,32,34)/t20-,21?,22?/m1/s1. The maximum atomic E-state index is 9.98. The molecule has 0 radical (unpaired) electrons. The molecular weight excluding hydrogens is 490 g/mol. The molecule has 2 aliphatic rings. The maximum absolute atomic E-state index is 9.98. The van der Waals surface area contributed by atoms with Gasteiger partial charge in [-0.15, -0.1) is 0 Å². The number of nitrogens with zero attached hydrogens (tertiary/aromatic N) is 3. The highest BCUT2D eigenvalue weighted by Gasteiger charge is 2.32. The van der Waals surface area contributed by atoms with Crippen LogP contribution in [0.5, 0.6) is 0 Å². The highest BCUT2D eigenvalue weighted by molar-refractivity contribution is 6.33. The lowest BCUT2D eigenvalue weighted by atomic mass is 9.81. The number of nitrogens with one attached hydrogen (secondary N) is 2. The Balaban J connectivity index is 1.36. The summed E-state index contributed by atoms with van der Waals surface area (Å²) in [6.07, 6.45) is 9.85. The van der Waals surface area contributed by atoms with Gasteiger partial charge in [0.15, 0.2) is 0 Å². The molecule has 1 aliphatic carbocycles. The van der Waals surface area contributed by atoms with E-state index in [1.54, 1.807) is 13.3 Å². The minimum Gasteiger partial charge on any atom is -0.396 e. The second-order valence-corrected chi connectivity index (χ2v) is 10.8. The second-order valence-electron chi connectivity index (χ2n) is 10.4. The number of rotatable bonds is 11. The quantitative estimate of drug-likeness (QED) is 0.349. The van der Waals surface area contributed by atoms with Crippen LogP contribution in [-0.2, 0) is 9.47 Å². The van der Waals surface area contributed by atoms with Gasteiger partial charge in [-0.05, 0) is 69.6 Å². The lowest BCUT2D eigenvalue weighted by Crippen LogP contribution is -2.39. The minimum absolute atomic E-state index is 0.135.